The maximum Gasteiger partial charge on any atom is 0.0643 e. The van der Waals surface area contributed by atoms with Gasteiger partial charge in [0.2, 0.25) is 0 Å². The van der Waals surface area contributed by atoms with E-state index in [-0.39, 0.29) is 5.41 Å². The predicted octanol–water partition coefficient (Wildman–Crippen LogP) is 3.31. The minimum Gasteiger partial charge on any atom is -0.371 e. The Morgan fingerprint density at radius 1 is 1.53 bits per heavy atom. The fourth-order valence-corrected chi connectivity index (χ4v) is 2.28. The van der Waals surface area contributed by atoms with Crippen molar-refractivity contribution in [3.63, 3.8) is 0 Å². The molecular weight excluding hydrogens is 184 g/mol. The molecule has 1 rings (SSSR count). The van der Waals surface area contributed by atoms with Gasteiger partial charge in [-0.15, -0.1) is 0 Å². The first-order valence-electron chi connectivity index (χ1n) is 5.75. The monoisotopic (exact) mass is 206 g/mol. The lowest BCUT2D eigenvalue weighted by Crippen LogP contribution is -2.29. The van der Waals surface area contributed by atoms with Crippen LogP contribution in [0.15, 0.2) is 12.3 Å². The molecule has 0 aromatic heterocycles. The van der Waals surface area contributed by atoms with Gasteiger partial charge in [0.1, 0.15) is 0 Å². The molecule has 1 heterocycles. The van der Waals surface area contributed by atoms with Crippen LogP contribution in [0.3, 0.4) is 0 Å². The molecule has 0 amide bonds. The van der Waals surface area contributed by atoms with Gasteiger partial charge in [-0.1, -0.05) is 27.4 Å². The van der Waals surface area contributed by atoms with Crippen LogP contribution < -0.4 is 0 Å². The molecule has 1 aliphatic heterocycles. The second-order valence-corrected chi connectivity index (χ2v) is 5.66. The Morgan fingerprint density at radius 3 is 2.73 bits per heavy atom. The van der Waals surface area contributed by atoms with Gasteiger partial charge in [0.05, 0.1) is 12.5 Å². The third-order valence-corrected chi connectivity index (χ3v) is 2.84. The average molecular weight is 206 g/mol. The van der Waals surface area contributed by atoms with E-state index in [2.05, 4.69) is 38.3 Å². The van der Waals surface area contributed by atoms with Gasteiger partial charge in [-0.25, -0.2) is 0 Å². The molecule has 1 saturated heterocycles. The highest BCUT2D eigenvalue weighted by molar-refractivity contribution is 5.03. The summed E-state index contributed by atoms with van der Waals surface area (Å²) in [5.41, 5.74) is 1.50. The smallest absolute Gasteiger partial charge is 0.0643 e. The summed E-state index contributed by atoms with van der Waals surface area (Å²) >= 11 is 0. The lowest BCUT2D eigenvalue weighted by Gasteiger charge is -2.31. The lowest BCUT2D eigenvalue weighted by atomic mass is 9.90. The van der Waals surface area contributed by atoms with E-state index in [1.165, 1.54) is 12.1 Å². The van der Waals surface area contributed by atoms with Crippen molar-refractivity contribution in [2.75, 3.05) is 6.54 Å². The first kappa shape index (κ1) is 12.1. The summed E-state index contributed by atoms with van der Waals surface area (Å²) in [6, 6.07) is 2.70. The summed E-state index contributed by atoms with van der Waals surface area (Å²) in [5.74, 6) is 0. The normalized spacial score (nSPS) is 21.5. The molecule has 0 saturated carbocycles. The molecule has 0 N–H and O–H groups in total. The van der Waals surface area contributed by atoms with Gasteiger partial charge >= 0.3 is 0 Å². The van der Waals surface area contributed by atoms with E-state index in [0.717, 1.165) is 19.4 Å². The summed E-state index contributed by atoms with van der Waals surface area (Å²) in [6.07, 6.45) is 4.02. The molecule has 0 spiro atoms. The largest absolute Gasteiger partial charge is 0.371 e. The number of nitrogens with zero attached hydrogens (tertiary/aromatic N) is 2. The van der Waals surface area contributed by atoms with Crippen LogP contribution in [0.5, 0.6) is 0 Å². The van der Waals surface area contributed by atoms with Crippen molar-refractivity contribution < 1.29 is 0 Å². The number of rotatable bonds is 3. The van der Waals surface area contributed by atoms with Gasteiger partial charge in [0, 0.05) is 18.3 Å². The van der Waals surface area contributed by atoms with Crippen LogP contribution in [0.2, 0.25) is 0 Å². The van der Waals surface area contributed by atoms with E-state index in [4.69, 9.17) is 5.26 Å². The van der Waals surface area contributed by atoms with Crippen LogP contribution in [-0.4, -0.2) is 17.5 Å². The Hall–Kier alpha value is -0.970. The van der Waals surface area contributed by atoms with E-state index < -0.39 is 0 Å². The number of nitriles is 1. The zero-order chi connectivity index (χ0) is 11.5. The maximum atomic E-state index is 8.75. The molecule has 1 unspecified atom stereocenters. The van der Waals surface area contributed by atoms with Crippen molar-refractivity contribution in [1.29, 1.82) is 5.26 Å². The molecule has 0 aliphatic carbocycles. The van der Waals surface area contributed by atoms with E-state index in [1.807, 2.05) is 0 Å². The van der Waals surface area contributed by atoms with Crippen molar-refractivity contribution in [2.45, 2.75) is 52.5 Å². The topological polar surface area (TPSA) is 27.0 Å². The quantitative estimate of drug-likeness (QED) is 0.708. The maximum absolute atomic E-state index is 8.75. The van der Waals surface area contributed by atoms with Crippen LogP contribution >= 0.6 is 0 Å². The molecule has 2 heteroatoms. The van der Waals surface area contributed by atoms with Crippen molar-refractivity contribution in [1.82, 2.24) is 4.90 Å². The molecule has 1 aliphatic rings. The number of hydrogen-bond acceptors (Lipinski definition) is 2. The summed E-state index contributed by atoms with van der Waals surface area (Å²) in [6.45, 7) is 11.9. The zero-order valence-corrected chi connectivity index (χ0v) is 10.2. The molecule has 0 aromatic carbocycles. The van der Waals surface area contributed by atoms with Gasteiger partial charge in [0.25, 0.3) is 0 Å². The zero-order valence-electron chi connectivity index (χ0n) is 10.2. The van der Waals surface area contributed by atoms with Crippen LogP contribution in [0, 0.1) is 16.7 Å². The Morgan fingerprint density at radius 2 is 2.20 bits per heavy atom. The molecule has 84 valence electrons. The fraction of sp³-hybridized carbons (Fsp3) is 0.769. The van der Waals surface area contributed by atoms with Gasteiger partial charge in [0.15, 0.2) is 0 Å². The minimum absolute atomic E-state index is 0.289. The Balaban J connectivity index is 2.56. The fourth-order valence-electron chi connectivity index (χ4n) is 2.28. The van der Waals surface area contributed by atoms with E-state index in [9.17, 15) is 0 Å². The highest BCUT2D eigenvalue weighted by Gasteiger charge is 2.26. The van der Waals surface area contributed by atoms with Gasteiger partial charge < -0.3 is 4.90 Å². The van der Waals surface area contributed by atoms with E-state index >= 15 is 0 Å². The van der Waals surface area contributed by atoms with Crippen molar-refractivity contribution in [2.24, 2.45) is 5.41 Å². The second-order valence-electron chi connectivity index (χ2n) is 5.66. The lowest BCUT2D eigenvalue weighted by molar-refractivity contribution is 0.276. The molecule has 0 aromatic rings. The van der Waals surface area contributed by atoms with Crippen LogP contribution in [0.1, 0.15) is 46.5 Å². The second kappa shape index (κ2) is 4.70. The van der Waals surface area contributed by atoms with Crippen LogP contribution in [0.25, 0.3) is 0 Å². The number of hydrogen-bond donors (Lipinski definition) is 0. The van der Waals surface area contributed by atoms with Crippen molar-refractivity contribution in [3.8, 4) is 6.07 Å². The molecule has 15 heavy (non-hydrogen) atoms. The highest BCUT2D eigenvalue weighted by atomic mass is 15.2. The molecular formula is C13H22N2. The minimum atomic E-state index is 0.289. The molecule has 1 atom stereocenters. The van der Waals surface area contributed by atoms with Gasteiger partial charge in [-0.05, 0) is 24.7 Å². The Kier molecular flexibility index (Phi) is 3.79. The molecule has 0 bridgehead atoms. The standard InChI is InChI=1S/C13H22N2/c1-11(10-13(2,3)4)15-9-5-6-12(15)7-8-14/h12H,1,5-7,9-10H2,2-4H3. The highest BCUT2D eigenvalue weighted by Crippen LogP contribution is 2.30. The molecule has 0 radical (unpaired) electrons. The van der Waals surface area contributed by atoms with Crippen molar-refractivity contribution >= 4 is 0 Å². The predicted molar refractivity (Wildman–Crippen MR) is 63.2 cm³/mol. The summed E-state index contributed by atoms with van der Waals surface area (Å²) < 4.78 is 0. The van der Waals surface area contributed by atoms with Crippen LogP contribution in [-0.2, 0) is 0 Å². The Bertz CT molecular complexity index is 267. The Labute approximate surface area is 93.6 Å². The summed E-state index contributed by atoms with van der Waals surface area (Å²) in [7, 11) is 0. The van der Waals surface area contributed by atoms with E-state index in [0.29, 0.717) is 12.5 Å². The SMILES string of the molecule is C=C(CC(C)(C)C)N1CCCC1CC#N. The molecule has 2 nitrogen and oxygen atoms in total. The number of allylic oxidation sites excluding steroid dienone is 1. The van der Waals surface area contributed by atoms with E-state index in [1.54, 1.807) is 0 Å². The summed E-state index contributed by atoms with van der Waals surface area (Å²) in [4.78, 5) is 2.34. The first-order chi connectivity index (χ1) is 6.94. The van der Waals surface area contributed by atoms with Gasteiger partial charge in [-0.3, -0.25) is 0 Å². The number of likely N-dealkylation sites (tertiary alicyclic amines) is 1. The van der Waals surface area contributed by atoms with Crippen LogP contribution in [0.4, 0.5) is 0 Å². The third-order valence-electron chi connectivity index (χ3n) is 2.84. The third kappa shape index (κ3) is 3.58. The average Bonchev–Trinajstić information content (AvgIpc) is 2.49. The van der Waals surface area contributed by atoms with Crippen molar-refractivity contribution in [3.05, 3.63) is 12.3 Å². The summed E-state index contributed by atoms with van der Waals surface area (Å²) in [5, 5.41) is 8.75. The van der Waals surface area contributed by atoms with Gasteiger partial charge in [-0.2, -0.15) is 5.26 Å². The first-order valence-corrected chi connectivity index (χ1v) is 5.75. The molecule has 1 fully saturated rings.